The molecule has 0 spiro atoms. The van der Waals surface area contributed by atoms with E-state index >= 15 is 0 Å². The van der Waals surface area contributed by atoms with E-state index in [2.05, 4.69) is 22.6 Å². The van der Waals surface area contributed by atoms with Crippen molar-refractivity contribution in [2.45, 2.75) is 0 Å². The molecule has 1 nitrogen and oxygen atoms in total. The Labute approximate surface area is 95.1 Å². The normalized spacial score (nSPS) is 9.92. The van der Waals surface area contributed by atoms with Crippen LogP contribution in [0.4, 0.5) is 0 Å². The summed E-state index contributed by atoms with van der Waals surface area (Å²) in [4.78, 5) is 0. The van der Waals surface area contributed by atoms with Gasteiger partial charge in [0.1, 0.15) is 0 Å². The topological polar surface area (TPSA) is 9.23 Å². The van der Waals surface area contributed by atoms with Gasteiger partial charge in [0.05, 0.1) is 16.7 Å². The molecule has 1 rings (SSSR count). The average Bonchev–Trinajstić information content (AvgIpc) is 2.04. The van der Waals surface area contributed by atoms with E-state index in [-0.39, 0.29) is 0 Å². The van der Waals surface area contributed by atoms with Gasteiger partial charge in [-0.1, -0.05) is 51.9 Å². The first-order chi connectivity index (χ1) is 5.75. The molecular formula is C8H7Cl2IO. The zero-order chi connectivity index (χ0) is 8.97. The zero-order valence-electron chi connectivity index (χ0n) is 6.19. The summed E-state index contributed by atoms with van der Waals surface area (Å²) >= 11 is 13.9. The van der Waals surface area contributed by atoms with E-state index in [1.165, 1.54) is 0 Å². The summed E-state index contributed by atoms with van der Waals surface area (Å²) < 4.78 is 6.26. The molecule has 0 bridgehead atoms. The molecule has 0 radical (unpaired) electrons. The van der Waals surface area contributed by atoms with Crippen LogP contribution in [0.3, 0.4) is 0 Å². The van der Waals surface area contributed by atoms with Crippen LogP contribution in [-0.2, 0) is 0 Å². The van der Waals surface area contributed by atoms with E-state index in [1.807, 2.05) is 0 Å². The van der Waals surface area contributed by atoms with Gasteiger partial charge < -0.3 is 4.74 Å². The molecule has 0 saturated heterocycles. The first-order valence-electron chi connectivity index (χ1n) is 3.38. The van der Waals surface area contributed by atoms with Gasteiger partial charge in [-0.25, -0.2) is 0 Å². The number of hydrogen-bond acceptors (Lipinski definition) is 1. The summed E-state index contributed by atoms with van der Waals surface area (Å²) in [7, 11) is 0. The Morgan fingerprint density at radius 3 is 2.33 bits per heavy atom. The fourth-order valence-corrected chi connectivity index (χ4v) is 1.49. The van der Waals surface area contributed by atoms with Gasteiger partial charge in [-0.2, -0.15) is 0 Å². The lowest BCUT2D eigenvalue weighted by atomic mass is 10.3. The second kappa shape index (κ2) is 5.14. The molecule has 0 fully saturated rings. The third-order valence-corrected chi connectivity index (χ3v) is 2.28. The van der Waals surface area contributed by atoms with Crippen LogP contribution in [0.25, 0.3) is 0 Å². The molecular weight excluding hydrogens is 310 g/mol. The van der Waals surface area contributed by atoms with Crippen LogP contribution >= 0.6 is 45.8 Å². The minimum atomic E-state index is 0.562. The zero-order valence-corrected chi connectivity index (χ0v) is 9.86. The maximum atomic E-state index is 5.85. The minimum Gasteiger partial charge on any atom is -0.490 e. The molecule has 0 aliphatic rings. The molecule has 0 N–H and O–H groups in total. The van der Waals surface area contributed by atoms with E-state index < -0.39 is 0 Å². The molecule has 12 heavy (non-hydrogen) atoms. The summed E-state index contributed by atoms with van der Waals surface area (Å²) in [6.07, 6.45) is 0. The SMILES string of the molecule is Clc1cccc(Cl)c1OCCI. The van der Waals surface area contributed by atoms with Crippen molar-refractivity contribution in [3.63, 3.8) is 0 Å². The highest BCUT2D eigenvalue weighted by atomic mass is 127. The molecule has 66 valence electrons. The van der Waals surface area contributed by atoms with Gasteiger partial charge in [0, 0.05) is 4.43 Å². The molecule has 0 aromatic heterocycles. The molecule has 0 amide bonds. The molecule has 0 unspecified atom stereocenters. The van der Waals surface area contributed by atoms with Crippen LogP contribution < -0.4 is 4.74 Å². The first kappa shape index (κ1) is 10.4. The van der Waals surface area contributed by atoms with E-state index in [9.17, 15) is 0 Å². The quantitative estimate of drug-likeness (QED) is 0.608. The average molecular weight is 317 g/mol. The van der Waals surface area contributed by atoms with Crippen molar-refractivity contribution < 1.29 is 4.74 Å². The van der Waals surface area contributed by atoms with Gasteiger partial charge in [-0.05, 0) is 12.1 Å². The summed E-state index contributed by atoms with van der Waals surface area (Å²) in [5, 5.41) is 1.12. The molecule has 1 aromatic rings. The summed E-state index contributed by atoms with van der Waals surface area (Å²) in [5.41, 5.74) is 0. The molecule has 0 heterocycles. The highest BCUT2D eigenvalue weighted by molar-refractivity contribution is 14.1. The number of para-hydroxylation sites is 1. The lowest BCUT2D eigenvalue weighted by Crippen LogP contribution is -1.98. The summed E-state index contributed by atoms with van der Waals surface area (Å²) in [5.74, 6) is 0.581. The number of benzene rings is 1. The Hall–Kier alpha value is 0.330. The summed E-state index contributed by atoms with van der Waals surface area (Å²) in [6, 6.07) is 5.31. The largest absolute Gasteiger partial charge is 0.490 e. The second-order valence-corrected chi connectivity index (χ2v) is 3.98. The number of rotatable bonds is 3. The molecule has 0 atom stereocenters. The minimum absolute atomic E-state index is 0.562. The number of hydrogen-bond donors (Lipinski definition) is 0. The molecule has 0 saturated carbocycles. The van der Waals surface area contributed by atoms with Crippen LogP contribution in [0.2, 0.25) is 10.0 Å². The standard InChI is InChI=1S/C8H7Cl2IO/c9-6-2-1-3-7(10)8(6)12-5-4-11/h1-3H,4-5H2. The van der Waals surface area contributed by atoms with E-state index in [0.29, 0.717) is 22.4 Å². The van der Waals surface area contributed by atoms with Crippen LogP contribution in [-0.4, -0.2) is 11.0 Å². The van der Waals surface area contributed by atoms with E-state index in [4.69, 9.17) is 27.9 Å². The van der Waals surface area contributed by atoms with E-state index in [0.717, 1.165) is 4.43 Å². The number of ether oxygens (including phenoxy) is 1. The highest BCUT2D eigenvalue weighted by Crippen LogP contribution is 2.32. The maximum absolute atomic E-state index is 5.85. The lowest BCUT2D eigenvalue weighted by Gasteiger charge is -2.07. The van der Waals surface area contributed by atoms with Crippen LogP contribution in [0.5, 0.6) is 5.75 Å². The third kappa shape index (κ3) is 2.68. The predicted molar refractivity (Wildman–Crippen MR) is 60.8 cm³/mol. The number of alkyl halides is 1. The third-order valence-electron chi connectivity index (χ3n) is 1.24. The van der Waals surface area contributed by atoms with Crippen molar-refractivity contribution in [3.05, 3.63) is 28.2 Å². The highest BCUT2D eigenvalue weighted by Gasteiger charge is 2.04. The van der Waals surface area contributed by atoms with Crippen LogP contribution in [0.15, 0.2) is 18.2 Å². The smallest absolute Gasteiger partial charge is 0.156 e. The Morgan fingerprint density at radius 1 is 1.25 bits per heavy atom. The van der Waals surface area contributed by atoms with Crippen LogP contribution in [0.1, 0.15) is 0 Å². The van der Waals surface area contributed by atoms with Gasteiger partial charge in [-0.15, -0.1) is 0 Å². The van der Waals surface area contributed by atoms with Crippen molar-refractivity contribution in [1.82, 2.24) is 0 Å². The molecule has 0 aliphatic carbocycles. The van der Waals surface area contributed by atoms with Crippen molar-refractivity contribution in [3.8, 4) is 5.75 Å². The molecule has 4 heteroatoms. The fourth-order valence-electron chi connectivity index (χ4n) is 0.761. The predicted octanol–water partition coefficient (Wildman–Crippen LogP) is 3.81. The lowest BCUT2D eigenvalue weighted by molar-refractivity contribution is 0.347. The monoisotopic (exact) mass is 316 g/mol. The van der Waals surface area contributed by atoms with E-state index in [1.54, 1.807) is 18.2 Å². The van der Waals surface area contributed by atoms with Gasteiger partial charge >= 0.3 is 0 Å². The molecule has 0 aliphatic heterocycles. The summed E-state index contributed by atoms with van der Waals surface area (Å²) in [6.45, 7) is 0.629. The first-order valence-corrected chi connectivity index (χ1v) is 5.66. The van der Waals surface area contributed by atoms with Crippen molar-refractivity contribution in [2.75, 3.05) is 11.0 Å². The van der Waals surface area contributed by atoms with Gasteiger partial charge in [-0.3, -0.25) is 0 Å². The van der Waals surface area contributed by atoms with Gasteiger partial charge in [0.15, 0.2) is 5.75 Å². The Morgan fingerprint density at radius 2 is 1.83 bits per heavy atom. The van der Waals surface area contributed by atoms with Crippen molar-refractivity contribution in [2.24, 2.45) is 0 Å². The Balaban J connectivity index is 2.81. The van der Waals surface area contributed by atoms with Crippen LogP contribution in [0, 0.1) is 0 Å². The maximum Gasteiger partial charge on any atom is 0.156 e. The fraction of sp³-hybridized carbons (Fsp3) is 0.250. The van der Waals surface area contributed by atoms with Crippen molar-refractivity contribution >= 4 is 45.8 Å². The second-order valence-electron chi connectivity index (χ2n) is 2.09. The Bertz CT molecular complexity index is 245. The Kier molecular flexibility index (Phi) is 4.46. The number of halogens is 3. The van der Waals surface area contributed by atoms with Gasteiger partial charge in [0.2, 0.25) is 0 Å². The van der Waals surface area contributed by atoms with Crippen molar-refractivity contribution in [1.29, 1.82) is 0 Å². The van der Waals surface area contributed by atoms with Gasteiger partial charge in [0.25, 0.3) is 0 Å². The molecule has 1 aromatic carbocycles.